The summed E-state index contributed by atoms with van der Waals surface area (Å²) in [6.07, 6.45) is -0.808. The smallest absolute Gasteiger partial charge is 0.389 e. The van der Waals surface area contributed by atoms with Crippen LogP contribution in [0.5, 0.6) is 0 Å². The molecular weight excluding hydrogens is 515 g/mol. The Morgan fingerprint density at radius 2 is 1.77 bits per heavy atom. The van der Waals surface area contributed by atoms with Crippen molar-refractivity contribution in [3.05, 3.63) is 108 Å². The number of carboxylic acids is 1. The lowest BCUT2D eigenvalue weighted by Gasteiger charge is -2.11. The van der Waals surface area contributed by atoms with Gasteiger partial charge in [-0.1, -0.05) is 54.6 Å². The van der Waals surface area contributed by atoms with Crippen LogP contribution in [-0.2, 0) is 13.0 Å². The number of carboxylic acid groups (broad SMARTS) is 1. The number of imidazole rings is 1. The molecule has 0 aliphatic heterocycles. The lowest BCUT2D eigenvalue weighted by Crippen LogP contribution is -2.09. The average molecular weight is 542 g/mol. The van der Waals surface area contributed by atoms with Gasteiger partial charge in [0.05, 0.1) is 17.0 Å². The van der Waals surface area contributed by atoms with Crippen LogP contribution < -0.4 is 0 Å². The predicted octanol–water partition coefficient (Wildman–Crippen LogP) is 8.05. The molecule has 6 aromatic rings. The van der Waals surface area contributed by atoms with Crippen molar-refractivity contribution >= 4 is 33.3 Å². The number of rotatable bonds is 7. The first-order valence-electron chi connectivity index (χ1n) is 13.1. The fourth-order valence-electron chi connectivity index (χ4n) is 5.71. The molecule has 0 amide bonds. The molecule has 0 aliphatic carbocycles. The van der Waals surface area contributed by atoms with Crippen LogP contribution in [0.25, 0.3) is 38.6 Å². The molecule has 0 unspecified atom stereocenters. The number of hydrogen-bond donors (Lipinski definition) is 1. The summed E-state index contributed by atoms with van der Waals surface area (Å²) in [5.74, 6) is -1.04. The minimum Gasteiger partial charge on any atom is -0.478 e. The Morgan fingerprint density at radius 1 is 0.975 bits per heavy atom. The number of carbonyl (C=O) groups is 1. The molecule has 40 heavy (non-hydrogen) atoms. The summed E-state index contributed by atoms with van der Waals surface area (Å²) in [6.45, 7) is 2.24. The molecule has 202 valence electrons. The zero-order valence-corrected chi connectivity index (χ0v) is 21.7. The molecule has 0 aliphatic rings. The summed E-state index contributed by atoms with van der Waals surface area (Å²) in [4.78, 5) is 17.5. The Balaban J connectivity index is 1.52. The van der Waals surface area contributed by atoms with Crippen LogP contribution >= 0.6 is 0 Å². The lowest BCUT2D eigenvalue weighted by molar-refractivity contribution is -0.135. The van der Waals surface area contributed by atoms with Crippen molar-refractivity contribution in [2.45, 2.75) is 38.9 Å². The van der Waals surface area contributed by atoms with Gasteiger partial charge in [0.1, 0.15) is 5.65 Å². The van der Waals surface area contributed by atoms with Gasteiger partial charge in [0.15, 0.2) is 0 Å². The van der Waals surface area contributed by atoms with Gasteiger partial charge in [-0.2, -0.15) is 13.2 Å². The highest BCUT2D eigenvalue weighted by atomic mass is 19.4. The number of hydrogen-bond acceptors (Lipinski definition) is 2. The minimum absolute atomic E-state index is 0.0133. The molecular formula is C32H26F3N3O2. The molecule has 0 bridgehead atoms. The number of halogens is 3. The number of alkyl halides is 3. The minimum atomic E-state index is -4.20. The van der Waals surface area contributed by atoms with E-state index in [0.717, 1.165) is 33.1 Å². The van der Waals surface area contributed by atoms with Crippen molar-refractivity contribution in [2.75, 3.05) is 0 Å². The molecule has 3 aromatic heterocycles. The van der Waals surface area contributed by atoms with E-state index < -0.39 is 18.6 Å². The molecule has 5 nitrogen and oxygen atoms in total. The first-order chi connectivity index (χ1) is 19.2. The molecule has 0 fully saturated rings. The van der Waals surface area contributed by atoms with E-state index in [-0.39, 0.29) is 18.5 Å². The summed E-state index contributed by atoms with van der Waals surface area (Å²) >= 11 is 0. The molecule has 8 heteroatoms. The van der Waals surface area contributed by atoms with Crippen LogP contribution in [0.15, 0.2) is 85.2 Å². The van der Waals surface area contributed by atoms with Crippen molar-refractivity contribution in [1.82, 2.24) is 14.0 Å². The Kier molecular flexibility index (Phi) is 6.33. The first kappa shape index (κ1) is 25.7. The standard InChI is InChI=1S/C32H26F3N3O2/c1-20-8-6-11-25-28(20)22(19-37(25)16-7-15-32(33,34)35)18-26-30(36-27-12-4-5-17-38(26)27)24-14-13-21-9-2-3-10-23(21)29(24)31(39)40/h2-6,8-14,17,19H,7,15-16,18H2,1H3,(H,39,40). The van der Waals surface area contributed by atoms with Gasteiger partial charge in [0.25, 0.3) is 0 Å². The molecule has 3 heterocycles. The second kappa shape index (κ2) is 9.86. The molecule has 6 rings (SSSR count). The second-order valence-electron chi connectivity index (χ2n) is 10.1. The number of nitrogens with zero attached hydrogens (tertiary/aromatic N) is 3. The molecule has 1 N–H and O–H groups in total. The number of aryl methyl sites for hydroxylation is 2. The fraction of sp³-hybridized carbons (Fsp3) is 0.188. The third-order valence-electron chi connectivity index (χ3n) is 7.44. The number of aromatic carboxylic acids is 1. The van der Waals surface area contributed by atoms with E-state index in [1.807, 2.05) is 95.0 Å². The molecule has 0 saturated carbocycles. The van der Waals surface area contributed by atoms with Crippen molar-refractivity contribution in [3.63, 3.8) is 0 Å². The van der Waals surface area contributed by atoms with Gasteiger partial charge in [0, 0.05) is 48.2 Å². The van der Waals surface area contributed by atoms with Gasteiger partial charge >= 0.3 is 12.1 Å². The van der Waals surface area contributed by atoms with E-state index in [4.69, 9.17) is 4.98 Å². The maximum Gasteiger partial charge on any atom is 0.389 e. The van der Waals surface area contributed by atoms with Gasteiger partial charge in [0.2, 0.25) is 0 Å². The van der Waals surface area contributed by atoms with E-state index >= 15 is 0 Å². The Hall–Kier alpha value is -4.59. The zero-order chi connectivity index (χ0) is 28.0. The molecule has 0 radical (unpaired) electrons. The highest BCUT2D eigenvalue weighted by Gasteiger charge is 2.27. The number of fused-ring (bicyclic) bond motifs is 3. The van der Waals surface area contributed by atoms with E-state index in [2.05, 4.69) is 0 Å². The van der Waals surface area contributed by atoms with Gasteiger partial charge < -0.3 is 14.1 Å². The average Bonchev–Trinajstić information content (AvgIpc) is 3.46. The maximum absolute atomic E-state index is 12.9. The van der Waals surface area contributed by atoms with Gasteiger partial charge in [-0.15, -0.1) is 0 Å². The van der Waals surface area contributed by atoms with Gasteiger partial charge in [-0.3, -0.25) is 0 Å². The molecule has 0 spiro atoms. The summed E-state index contributed by atoms with van der Waals surface area (Å²) in [6, 6.07) is 22.6. The van der Waals surface area contributed by atoms with E-state index in [9.17, 15) is 23.1 Å². The van der Waals surface area contributed by atoms with E-state index in [1.165, 1.54) is 0 Å². The topological polar surface area (TPSA) is 59.5 Å². The van der Waals surface area contributed by atoms with Crippen molar-refractivity contribution in [2.24, 2.45) is 0 Å². The molecule has 0 saturated heterocycles. The maximum atomic E-state index is 12.9. The number of aromatic nitrogens is 3. The predicted molar refractivity (Wildman–Crippen MR) is 150 cm³/mol. The van der Waals surface area contributed by atoms with Crippen molar-refractivity contribution in [1.29, 1.82) is 0 Å². The second-order valence-corrected chi connectivity index (χ2v) is 10.1. The first-order valence-corrected chi connectivity index (χ1v) is 13.1. The van der Waals surface area contributed by atoms with Crippen LogP contribution in [0.2, 0.25) is 0 Å². The van der Waals surface area contributed by atoms with Crippen LogP contribution in [0.1, 0.15) is 40.0 Å². The summed E-state index contributed by atoms with van der Waals surface area (Å²) in [7, 11) is 0. The van der Waals surface area contributed by atoms with Gasteiger partial charge in [-0.05, 0) is 53.4 Å². The fourth-order valence-corrected chi connectivity index (χ4v) is 5.71. The Bertz CT molecular complexity index is 1900. The number of benzene rings is 3. The van der Waals surface area contributed by atoms with Gasteiger partial charge in [-0.25, -0.2) is 9.78 Å². The Labute approximate surface area is 228 Å². The largest absolute Gasteiger partial charge is 0.478 e. The van der Waals surface area contributed by atoms with Crippen LogP contribution in [0.3, 0.4) is 0 Å². The monoisotopic (exact) mass is 541 g/mol. The summed E-state index contributed by atoms with van der Waals surface area (Å²) < 4.78 is 42.5. The Morgan fingerprint density at radius 3 is 2.58 bits per heavy atom. The molecule has 3 aromatic carbocycles. The summed E-state index contributed by atoms with van der Waals surface area (Å²) in [5.41, 5.74) is 5.63. The normalized spacial score (nSPS) is 12.1. The highest BCUT2D eigenvalue weighted by molar-refractivity contribution is 6.09. The molecule has 0 atom stereocenters. The van der Waals surface area contributed by atoms with Crippen LogP contribution in [0.4, 0.5) is 13.2 Å². The van der Waals surface area contributed by atoms with E-state index in [0.29, 0.717) is 28.7 Å². The van der Waals surface area contributed by atoms with Crippen molar-refractivity contribution < 1.29 is 23.1 Å². The quantitative estimate of drug-likeness (QED) is 0.222. The SMILES string of the molecule is Cc1cccc2c1c(Cc1c(-c3ccc4ccccc4c3C(=O)O)nc3ccccn13)cn2CCCC(F)(F)F. The van der Waals surface area contributed by atoms with Crippen LogP contribution in [-0.4, -0.2) is 31.2 Å². The van der Waals surface area contributed by atoms with Crippen molar-refractivity contribution in [3.8, 4) is 11.3 Å². The summed E-state index contributed by atoms with van der Waals surface area (Å²) in [5, 5.41) is 12.7. The third-order valence-corrected chi connectivity index (χ3v) is 7.44. The number of pyridine rings is 1. The highest BCUT2D eigenvalue weighted by Crippen LogP contribution is 2.35. The lowest BCUT2D eigenvalue weighted by atomic mass is 9.94. The third kappa shape index (κ3) is 4.59. The van der Waals surface area contributed by atoms with Crippen LogP contribution in [0, 0.1) is 6.92 Å². The zero-order valence-electron chi connectivity index (χ0n) is 21.7. The van der Waals surface area contributed by atoms with E-state index in [1.54, 1.807) is 6.07 Å².